The average Bonchev–Trinajstić information content (AvgIpc) is 2.68. The SMILES string of the molecule is Cc1nccc(C(=O)Nc2nnnn2C)c1Cl. The van der Waals surface area contributed by atoms with Crippen LogP contribution >= 0.6 is 11.6 Å². The number of anilines is 1. The van der Waals surface area contributed by atoms with Crippen LogP contribution in [0.5, 0.6) is 0 Å². The zero-order valence-electron chi connectivity index (χ0n) is 9.18. The predicted molar refractivity (Wildman–Crippen MR) is 60.7 cm³/mol. The van der Waals surface area contributed by atoms with Crippen LogP contribution in [0.3, 0.4) is 0 Å². The number of aromatic nitrogens is 5. The summed E-state index contributed by atoms with van der Waals surface area (Å²) in [7, 11) is 1.62. The molecule has 0 aliphatic heterocycles. The molecule has 7 nitrogen and oxygen atoms in total. The lowest BCUT2D eigenvalue weighted by Crippen LogP contribution is -2.16. The zero-order chi connectivity index (χ0) is 12.4. The Morgan fingerprint density at radius 3 is 2.94 bits per heavy atom. The van der Waals surface area contributed by atoms with E-state index in [1.54, 1.807) is 14.0 Å². The summed E-state index contributed by atoms with van der Waals surface area (Å²) in [6, 6.07) is 1.54. The quantitative estimate of drug-likeness (QED) is 0.855. The number of rotatable bonds is 2. The Morgan fingerprint density at radius 1 is 1.53 bits per heavy atom. The van der Waals surface area contributed by atoms with Gasteiger partial charge in [0.2, 0.25) is 5.95 Å². The Morgan fingerprint density at radius 2 is 2.29 bits per heavy atom. The van der Waals surface area contributed by atoms with Crippen LogP contribution in [-0.4, -0.2) is 31.1 Å². The second-order valence-corrected chi connectivity index (χ2v) is 3.72. The molecule has 0 saturated heterocycles. The number of nitrogens with zero attached hydrogens (tertiary/aromatic N) is 5. The molecule has 17 heavy (non-hydrogen) atoms. The molecule has 0 unspecified atom stereocenters. The number of pyridine rings is 1. The lowest BCUT2D eigenvalue weighted by molar-refractivity contribution is 0.102. The minimum absolute atomic E-state index is 0.250. The zero-order valence-corrected chi connectivity index (χ0v) is 9.93. The summed E-state index contributed by atoms with van der Waals surface area (Å²) < 4.78 is 1.35. The van der Waals surface area contributed by atoms with Gasteiger partial charge in [0.25, 0.3) is 5.91 Å². The van der Waals surface area contributed by atoms with Gasteiger partial charge in [-0.2, -0.15) is 0 Å². The second kappa shape index (κ2) is 4.46. The van der Waals surface area contributed by atoms with Crippen LogP contribution in [0.4, 0.5) is 5.95 Å². The molecule has 1 N–H and O–H groups in total. The summed E-state index contributed by atoms with van der Waals surface area (Å²) in [5.41, 5.74) is 0.928. The number of halogens is 1. The van der Waals surface area contributed by atoms with E-state index in [0.29, 0.717) is 16.3 Å². The molecular weight excluding hydrogens is 244 g/mol. The van der Waals surface area contributed by atoms with Gasteiger partial charge in [0.05, 0.1) is 16.3 Å². The molecule has 0 saturated carbocycles. The molecular formula is C9H9ClN6O. The number of carbonyl (C=O) groups excluding carboxylic acids is 1. The number of tetrazole rings is 1. The molecule has 88 valence electrons. The maximum atomic E-state index is 11.9. The minimum Gasteiger partial charge on any atom is -0.289 e. The van der Waals surface area contributed by atoms with Gasteiger partial charge >= 0.3 is 0 Å². The van der Waals surface area contributed by atoms with Gasteiger partial charge in [-0.25, -0.2) is 4.68 Å². The summed E-state index contributed by atoms with van der Waals surface area (Å²) in [6.07, 6.45) is 1.52. The third kappa shape index (κ3) is 2.23. The molecule has 2 heterocycles. The van der Waals surface area contributed by atoms with Gasteiger partial charge in [0, 0.05) is 13.2 Å². The summed E-state index contributed by atoms with van der Waals surface area (Å²) >= 11 is 5.99. The monoisotopic (exact) mass is 252 g/mol. The van der Waals surface area contributed by atoms with E-state index in [0.717, 1.165) is 0 Å². The Kier molecular flexibility index (Phi) is 3.01. The van der Waals surface area contributed by atoms with E-state index in [9.17, 15) is 4.79 Å². The van der Waals surface area contributed by atoms with E-state index in [-0.39, 0.29) is 11.9 Å². The first-order valence-corrected chi connectivity index (χ1v) is 5.12. The highest BCUT2D eigenvalue weighted by molar-refractivity contribution is 6.34. The molecule has 0 spiro atoms. The van der Waals surface area contributed by atoms with Crippen molar-refractivity contribution in [3.05, 3.63) is 28.5 Å². The van der Waals surface area contributed by atoms with Crippen molar-refractivity contribution >= 4 is 23.5 Å². The normalized spacial score (nSPS) is 10.3. The highest BCUT2D eigenvalue weighted by Gasteiger charge is 2.14. The summed E-state index contributed by atoms with van der Waals surface area (Å²) in [5.74, 6) is -0.126. The van der Waals surface area contributed by atoms with Gasteiger partial charge in [-0.15, -0.1) is 0 Å². The van der Waals surface area contributed by atoms with Gasteiger partial charge in [-0.1, -0.05) is 16.7 Å². The van der Waals surface area contributed by atoms with Crippen molar-refractivity contribution in [3.8, 4) is 0 Å². The number of carbonyl (C=O) groups is 1. The third-order valence-electron chi connectivity index (χ3n) is 2.15. The van der Waals surface area contributed by atoms with Crippen LogP contribution < -0.4 is 5.32 Å². The smallest absolute Gasteiger partial charge is 0.259 e. The van der Waals surface area contributed by atoms with Crippen molar-refractivity contribution in [2.75, 3.05) is 5.32 Å². The number of hydrogen-bond acceptors (Lipinski definition) is 5. The fraction of sp³-hybridized carbons (Fsp3) is 0.222. The maximum absolute atomic E-state index is 11.9. The first-order valence-electron chi connectivity index (χ1n) is 4.74. The van der Waals surface area contributed by atoms with E-state index in [2.05, 4.69) is 25.8 Å². The maximum Gasteiger partial charge on any atom is 0.259 e. The lowest BCUT2D eigenvalue weighted by atomic mass is 10.2. The number of amides is 1. The fourth-order valence-electron chi connectivity index (χ4n) is 1.23. The molecule has 0 atom stereocenters. The van der Waals surface area contributed by atoms with E-state index < -0.39 is 0 Å². The first-order chi connectivity index (χ1) is 8.09. The van der Waals surface area contributed by atoms with Crippen LogP contribution in [0.15, 0.2) is 12.3 Å². The summed E-state index contributed by atoms with van der Waals surface area (Å²) in [5, 5.41) is 13.5. The molecule has 0 aliphatic carbocycles. The van der Waals surface area contributed by atoms with Crippen LogP contribution in [0, 0.1) is 6.92 Å². The predicted octanol–water partition coefficient (Wildman–Crippen LogP) is 0.819. The lowest BCUT2D eigenvalue weighted by Gasteiger charge is -2.05. The second-order valence-electron chi connectivity index (χ2n) is 3.34. The van der Waals surface area contributed by atoms with Crippen molar-refractivity contribution in [3.63, 3.8) is 0 Å². The Bertz CT molecular complexity index is 566. The molecule has 0 aliphatic rings. The van der Waals surface area contributed by atoms with E-state index >= 15 is 0 Å². The highest BCUT2D eigenvalue weighted by Crippen LogP contribution is 2.18. The number of hydrogen-bond donors (Lipinski definition) is 1. The molecule has 0 bridgehead atoms. The standard InChI is InChI=1S/C9H9ClN6O/c1-5-7(10)6(3-4-11-5)8(17)12-9-13-14-15-16(9)2/h3-4H,1-2H3,(H,12,13,15,17). The van der Waals surface area contributed by atoms with Crippen molar-refractivity contribution < 1.29 is 4.79 Å². The molecule has 2 rings (SSSR count). The van der Waals surface area contributed by atoms with Crippen LogP contribution in [-0.2, 0) is 7.05 Å². The first kappa shape index (κ1) is 11.5. The molecule has 2 aromatic rings. The van der Waals surface area contributed by atoms with E-state index in [1.165, 1.54) is 16.9 Å². The van der Waals surface area contributed by atoms with Gasteiger partial charge < -0.3 is 0 Å². The largest absolute Gasteiger partial charge is 0.289 e. The Balaban J connectivity index is 2.27. The van der Waals surface area contributed by atoms with Crippen molar-refractivity contribution in [2.24, 2.45) is 7.05 Å². The van der Waals surface area contributed by atoms with Crippen LogP contribution in [0.2, 0.25) is 5.02 Å². The fourth-order valence-corrected chi connectivity index (χ4v) is 1.43. The van der Waals surface area contributed by atoms with Crippen LogP contribution in [0.25, 0.3) is 0 Å². The molecule has 8 heteroatoms. The molecule has 0 aromatic carbocycles. The van der Waals surface area contributed by atoms with E-state index in [4.69, 9.17) is 11.6 Å². The summed E-state index contributed by atoms with van der Waals surface area (Å²) in [4.78, 5) is 15.9. The van der Waals surface area contributed by atoms with Gasteiger partial charge in [-0.05, 0) is 23.4 Å². The van der Waals surface area contributed by atoms with Crippen molar-refractivity contribution in [1.82, 2.24) is 25.2 Å². The van der Waals surface area contributed by atoms with Crippen molar-refractivity contribution in [2.45, 2.75) is 6.92 Å². The van der Waals surface area contributed by atoms with Gasteiger partial charge in [0.15, 0.2) is 0 Å². The number of nitrogens with one attached hydrogen (secondary N) is 1. The third-order valence-corrected chi connectivity index (χ3v) is 2.63. The molecule has 0 fully saturated rings. The number of aryl methyl sites for hydroxylation is 2. The average molecular weight is 253 g/mol. The summed E-state index contributed by atoms with van der Waals surface area (Å²) in [6.45, 7) is 1.73. The minimum atomic E-state index is -0.376. The highest BCUT2D eigenvalue weighted by atomic mass is 35.5. The Hall–Kier alpha value is -2.02. The van der Waals surface area contributed by atoms with E-state index in [1.807, 2.05) is 0 Å². The molecule has 1 amide bonds. The van der Waals surface area contributed by atoms with Crippen molar-refractivity contribution in [1.29, 1.82) is 0 Å². The van der Waals surface area contributed by atoms with Gasteiger partial charge in [0.1, 0.15) is 0 Å². The van der Waals surface area contributed by atoms with Crippen LogP contribution in [0.1, 0.15) is 16.1 Å². The topological polar surface area (TPSA) is 85.6 Å². The Labute approximate surface area is 102 Å². The molecule has 2 aromatic heterocycles. The van der Waals surface area contributed by atoms with Gasteiger partial charge in [-0.3, -0.25) is 15.1 Å². The molecule has 0 radical (unpaired) electrons.